The molecule has 1 fully saturated rings. The molecule has 0 unspecified atom stereocenters. The van der Waals surface area contributed by atoms with Crippen LogP contribution in [0.3, 0.4) is 0 Å². The Hall–Kier alpha value is -2.17. The summed E-state index contributed by atoms with van der Waals surface area (Å²) in [5, 5.41) is 0.139. The standard InChI is InChI=1S/C20H18Cl2N4O3S2/c21-15-7-4-8-16(22)18(15)31(28,29)25-11-9-24(10-12-25)19(27)17-13-23-20(30)26(17)14-5-2-1-3-6-14/h1-8,13H,9-12H2,(H,23,30). The van der Waals surface area contributed by atoms with Crippen LogP contribution in [-0.4, -0.2) is 59.3 Å². The first-order chi connectivity index (χ1) is 14.8. The van der Waals surface area contributed by atoms with Crippen LogP contribution in [0, 0.1) is 4.77 Å². The molecular weight excluding hydrogens is 479 g/mol. The van der Waals surface area contributed by atoms with Gasteiger partial charge in [-0.1, -0.05) is 47.5 Å². The number of rotatable bonds is 4. The maximum Gasteiger partial charge on any atom is 0.272 e. The summed E-state index contributed by atoms with van der Waals surface area (Å²) in [5.74, 6) is -0.232. The molecule has 1 saturated heterocycles. The average Bonchev–Trinajstić information content (AvgIpc) is 3.15. The Morgan fingerprint density at radius 3 is 2.16 bits per heavy atom. The van der Waals surface area contributed by atoms with Crippen LogP contribution in [0.1, 0.15) is 10.5 Å². The highest BCUT2D eigenvalue weighted by molar-refractivity contribution is 7.89. The number of carbonyl (C=O) groups is 1. The Morgan fingerprint density at radius 1 is 0.935 bits per heavy atom. The molecule has 1 aliphatic heterocycles. The van der Waals surface area contributed by atoms with Gasteiger partial charge in [-0.15, -0.1) is 0 Å². The van der Waals surface area contributed by atoms with E-state index >= 15 is 0 Å². The van der Waals surface area contributed by atoms with Gasteiger partial charge in [0.05, 0.1) is 10.0 Å². The number of hydrogen-bond acceptors (Lipinski definition) is 4. The second-order valence-electron chi connectivity index (χ2n) is 6.90. The summed E-state index contributed by atoms with van der Waals surface area (Å²) in [4.78, 5) is 17.6. The van der Waals surface area contributed by atoms with E-state index in [0.29, 0.717) is 10.5 Å². The van der Waals surface area contributed by atoms with Gasteiger partial charge in [-0.2, -0.15) is 4.31 Å². The van der Waals surface area contributed by atoms with Crippen LogP contribution in [0.4, 0.5) is 0 Å². The minimum Gasteiger partial charge on any atom is -0.336 e. The molecule has 0 spiro atoms. The summed E-state index contributed by atoms with van der Waals surface area (Å²) in [5.41, 5.74) is 1.16. The van der Waals surface area contributed by atoms with E-state index in [9.17, 15) is 13.2 Å². The van der Waals surface area contributed by atoms with E-state index in [0.717, 1.165) is 5.69 Å². The molecule has 3 aromatic rings. The van der Waals surface area contributed by atoms with Crippen molar-refractivity contribution in [1.82, 2.24) is 18.8 Å². The highest BCUT2D eigenvalue weighted by Gasteiger charge is 2.33. The van der Waals surface area contributed by atoms with Gasteiger partial charge in [0.25, 0.3) is 5.91 Å². The third-order valence-electron chi connectivity index (χ3n) is 5.05. The van der Waals surface area contributed by atoms with Crippen LogP contribution in [0.2, 0.25) is 10.0 Å². The van der Waals surface area contributed by atoms with Gasteiger partial charge in [-0.25, -0.2) is 8.42 Å². The fraction of sp³-hybridized carbons (Fsp3) is 0.200. The Morgan fingerprint density at radius 2 is 1.55 bits per heavy atom. The zero-order chi connectivity index (χ0) is 22.2. The zero-order valence-electron chi connectivity index (χ0n) is 16.2. The number of amides is 1. The highest BCUT2D eigenvalue weighted by Crippen LogP contribution is 2.32. The molecule has 0 aliphatic carbocycles. The molecule has 0 atom stereocenters. The van der Waals surface area contributed by atoms with Crippen molar-refractivity contribution in [3.63, 3.8) is 0 Å². The van der Waals surface area contributed by atoms with E-state index in [4.69, 9.17) is 35.4 Å². The van der Waals surface area contributed by atoms with Crippen molar-refractivity contribution < 1.29 is 13.2 Å². The molecule has 1 aromatic heterocycles. The Kier molecular flexibility index (Phi) is 6.23. The number of para-hydroxylation sites is 1. The summed E-state index contributed by atoms with van der Waals surface area (Å²) < 4.78 is 29.5. The number of piperazine rings is 1. The maximum absolute atomic E-state index is 13.2. The molecule has 2 heterocycles. The number of aromatic amines is 1. The number of benzene rings is 2. The van der Waals surface area contributed by atoms with Crippen molar-refractivity contribution in [1.29, 1.82) is 0 Å². The topological polar surface area (TPSA) is 78.4 Å². The third-order valence-corrected chi connectivity index (χ3v) is 8.21. The molecular formula is C20H18Cl2N4O3S2. The second-order valence-corrected chi connectivity index (χ2v) is 9.97. The Bertz CT molecular complexity index is 1260. The number of H-pyrrole nitrogens is 1. The fourth-order valence-corrected chi connectivity index (χ4v) is 6.29. The van der Waals surface area contributed by atoms with Gasteiger partial charge in [0.1, 0.15) is 10.6 Å². The molecule has 1 aliphatic rings. The molecule has 162 valence electrons. The van der Waals surface area contributed by atoms with Crippen molar-refractivity contribution in [2.75, 3.05) is 26.2 Å². The minimum atomic E-state index is -3.88. The van der Waals surface area contributed by atoms with Gasteiger partial charge >= 0.3 is 0 Å². The predicted molar refractivity (Wildman–Crippen MR) is 122 cm³/mol. The van der Waals surface area contributed by atoms with E-state index < -0.39 is 10.0 Å². The SMILES string of the molecule is O=C(c1c[nH]c(=S)n1-c1ccccc1)N1CCN(S(=O)(=O)c2c(Cl)cccc2Cl)CC1. The quantitative estimate of drug-likeness (QED) is 0.553. The second kappa shape index (κ2) is 8.76. The van der Waals surface area contributed by atoms with Crippen molar-refractivity contribution in [3.8, 4) is 5.69 Å². The van der Waals surface area contributed by atoms with Crippen molar-refractivity contribution >= 4 is 51.4 Å². The summed E-state index contributed by atoms with van der Waals surface area (Å²) in [6, 6.07) is 13.9. The van der Waals surface area contributed by atoms with E-state index in [2.05, 4.69) is 4.98 Å². The number of imidazole rings is 1. The first-order valence-corrected chi connectivity index (χ1v) is 12.0. The molecule has 0 radical (unpaired) electrons. The lowest BCUT2D eigenvalue weighted by Crippen LogP contribution is -2.50. The summed E-state index contributed by atoms with van der Waals surface area (Å²) in [7, 11) is -3.88. The van der Waals surface area contributed by atoms with Gasteiger partial charge < -0.3 is 9.88 Å². The number of carbonyl (C=O) groups excluding carboxylic acids is 1. The monoisotopic (exact) mass is 496 g/mol. The van der Waals surface area contributed by atoms with E-state index in [1.54, 1.807) is 21.7 Å². The largest absolute Gasteiger partial charge is 0.336 e. The molecule has 1 N–H and O–H groups in total. The number of hydrogen-bond donors (Lipinski definition) is 1. The van der Waals surface area contributed by atoms with Crippen LogP contribution in [-0.2, 0) is 10.0 Å². The van der Waals surface area contributed by atoms with E-state index in [1.807, 2.05) is 30.3 Å². The minimum absolute atomic E-state index is 0.0696. The molecule has 0 saturated carbocycles. The third kappa shape index (κ3) is 4.16. The molecule has 0 bridgehead atoms. The predicted octanol–water partition coefficient (Wildman–Crippen LogP) is 3.99. The van der Waals surface area contributed by atoms with Gasteiger partial charge in [-0.05, 0) is 36.5 Å². The Balaban J connectivity index is 1.54. The Labute approximate surface area is 194 Å². The fourth-order valence-electron chi connectivity index (χ4n) is 3.51. The van der Waals surface area contributed by atoms with Crippen molar-refractivity contribution in [3.05, 3.63) is 75.2 Å². The average molecular weight is 497 g/mol. The van der Waals surface area contributed by atoms with Gasteiger partial charge in [0, 0.05) is 38.1 Å². The van der Waals surface area contributed by atoms with Crippen LogP contribution >= 0.6 is 35.4 Å². The molecule has 7 nitrogen and oxygen atoms in total. The van der Waals surface area contributed by atoms with Gasteiger partial charge in [0.15, 0.2) is 4.77 Å². The summed E-state index contributed by atoms with van der Waals surface area (Å²) in [6.07, 6.45) is 1.57. The highest BCUT2D eigenvalue weighted by atomic mass is 35.5. The lowest BCUT2D eigenvalue weighted by Gasteiger charge is -2.34. The molecule has 1 amide bonds. The zero-order valence-corrected chi connectivity index (χ0v) is 19.3. The maximum atomic E-state index is 13.2. The first-order valence-electron chi connectivity index (χ1n) is 9.40. The normalized spacial score (nSPS) is 15.2. The number of nitrogens with zero attached hydrogens (tertiary/aromatic N) is 3. The molecule has 11 heteroatoms. The van der Waals surface area contributed by atoms with Crippen LogP contribution in [0.25, 0.3) is 5.69 Å². The lowest BCUT2D eigenvalue weighted by atomic mass is 10.3. The van der Waals surface area contributed by atoms with E-state index in [1.165, 1.54) is 16.4 Å². The number of nitrogens with one attached hydrogen (secondary N) is 1. The molecule has 2 aromatic carbocycles. The van der Waals surface area contributed by atoms with E-state index in [-0.39, 0.29) is 47.0 Å². The van der Waals surface area contributed by atoms with Crippen molar-refractivity contribution in [2.24, 2.45) is 0 Å². The number of halogens is 2. The molecule has 4 rings (SSSR count). The number of aromatic nitrogens is 2. The van der Waals surface area contributed by atoms with Crippen LogP contribution in [0.5, 0.6) is 0 Å². The van der Waals surface area contributed by atoms with Gasteiger partial charge in [-0.3, -0.25) is 9.36 Å². The van der Waals surface area contributed by atoms with Crippen LogP contribution in [0.15, 0.2) is 59.6 Å². The smallest absolute Gasteiger partial charge is 0.272 e. The van der Waals surface area contributed by atoms with Crippen molar-refractivity contribution in [2.45, 2.75) is 4.90 Å². The summed E-state index contributed by atoms with van der Waals surface area (Å²) >= 11 is 17.5. The lowest BCUT2D eigenvalue weighted by molar-refractivity contribution is 0.0689. The first kappa shape index (κ1) is 22.0. The van der Waals surface area contributed by atoms with Gasteiger partial charge in [0.2, 0.25) is 10.0 Å². The number of sulfonamides is 1. The summed E-state index contributed by atoms with van der Waals surface area (Å²) in [6.45, 7) is 0.720. The van der Waals surface area contributed by atoms with Crippen LogP contribution < -0.4 is 0 Å². The molecule has 31 heavy (non-hydrogen) atoms.